The number of carbonyl (C=O) groups excluding carboxylic acids is 1. The molecule has 0 unspecified atom stereocenters. The van der Waals surface area contributed by atoms with Crippen molar-refractivity contribution in [3.63, 3.8) is 0 Å². The summed E-state index contributed by atoms with van der Waals surface area (Å²) in [5.74, 6) is -0.495. The van der Waals surface area contributed by atoms with Gasteiger partial charge in [0.15, 0.2) is 0 Å². The van der Waals surface area contributed by atoms with Crippen molar-refractivity contribution in [1.82, 2.24) is 0 Å². The Morgan fingerprint density at radius 3 is 2.14 bits per heavy atom. The molecular weight excluding hydrogens is 352 g/mol. The number of rotatable bonds is 3. The van der Waals surface area contributed by atoms with Crippen molar-refractivity contribution < 1.29 is 9.90 Å². The maximum absolute atomic E-state index is 12.4. The predicted octanol–water partition coefficient (Wildman–Crippen LogP) is 4.18. The Morgan fingerprint density at radius 1 is 0.857 bits per heavy atom. The summed E-state index contributed by atoms with van der Waals surface area (Å²) in [4.78, 5) is 16.9. The zero-order chi connectivity index (χ0) is 20.6. The van der Waals surface area contributed by atoms with Crippen molar-refractivity contribution in [2.75, 3.05) is 16.8 Å². The van der Waals surface area contributed by atoms with Crippen molar-refractivity contribution in [3.8, 4) is 0 Å². The van der Waals surface area contributed by atoms with E-state index in [4.69, 9.17) is 11.5 Å². The number of nitrogens with one attached hydrogen (secondary N) is 1. The molecule has 1 aliphatic carbocycles. The van der Waals surface area contributed by atoms with Gasteiger partial charge in [-0.15, -0.1) is 0 Å². The van der Waals surface area contributed by atoms with E-state index < -0.39 is 0 Å². The lowest BCUT2D eigenvalue weighted by Gasteiger charge is -2.18. The summed E-state index contributed by atoms with van der Waals surface area (Å²) in [7, 11) is 0. The smallest absolute Gasteiger partial charge is 0.208 e. The van der Waals surface area contributed by atoms with E-state index in [0.29, 0.717) is 22.8 Å². The van der Waals surface area contributed by atoms with E-state index in [2.05, 4.69) is 10.3 Å². The minimum atomic E-state index is -0.359. The molecule has 0 amide bonds. The molecule has 0 fully saturated rings. The van der Waals surface area contributed by atoms with Crippen LogP contribution in [0.4, 0.5) is 22.7 Å². The lowest BCUT2D eigenvalue weighted by atomic mass is 10.0. The van der Waals surface area contributed by atoms with Crippen LogP contribution >= 0.6 is 0 Å². The summed E-state index contributed by atoms with van der Waals surface area (Å²) < 4.78 is 0. The summed E-state index contributed by atoms with van der Waals surface area (Å²) >= 11 is 0. The molecule has 2 aromatic rings. The van der Waals surface area contributed by atoms with Crippen LogP contribution in [0.5, 0.6) is 0 Å². The molecule has 28 heavy (non-hydrogen) atoms. The van der Waals surface area contributed by atoms with E-state index in [-0.39, 0.29) is 17.3 Å². The number of ketones is 1. The molecule has 6 nitrogen and oxygen atoms in total. The van der Waals surface area contributed by atoms with Gasteiger partial charge in [0.2, 0.25) is 5.78 Å². The van der Waals surface area contributed by atoms with Crippen molar-refractivity contribution in [3.05, 3.63) is 70.1 Å². The van der Waals surface area contributed by atoms with Gasteiger partial charge in [0.05, 0.1) is 11.4 Å². The molecule has 2 aromatic carbocycles. The van der Waals surface area contributed by atoms with Crippen LogP contribution in [-0.2, 0) is 4.79 Å². The molecule has 1 aliphatic rings. The van der Waals surface area contributed by atoms with E-state index >= 15 is 0 Å². The fraction of sp³-hybridized carbons (Fsp3) is 0.182. The van der Waals surface area contributed by atoms with Gasteiger partial charge in [-0.25, -0.2) is 4.99 Å². The summed E-state index contributed by atoms with van der Waals surface area (Å²) in [5.41, 5.74) is 19.1. The monoisotopic (exact) mass is 376 g/mol. The van der Waals surface area contributed by atoms with Crippen molar-refractivity contribution >= 4 is 34.2 Å². The first kappa shape index (κ1) is 19.2. The quantitative estimate of drug-likeness (QED) is 0.474. The second-order valence-corrected chi connectivity index (χ2v) is 6.95. The van der Waals surface area contributed by atoms with Crippen LogP contribution in [0.2, 0.25) is 0 Å². The number of aliphatic hydroxyl groups excluding tert-OH is 1. The Labute approximate surface area is 164 Å². The second-order valence-electron chi connectivity index (χ2n) is 6.95. The number of aliphatic imine (C=N–C) groups is 1. The average Bonchev–Trinajstić information content (AvgIpc) is 2.66. The van der Waals surface area contributed by atoms with E-state index in [1.807, 2.05) is 33.8 Å². The van der Waals surface area contributed by atoms with Gasteiger partial charge in [-0.05, 0) is 80.3 Å². The lowest BCUT2D eigenvalue weighted by Crippen LogP contribution is -2.19. The standard InChI is InChI=1S/C22H24N4O2/c1-11-13(3)17(7-5-15(11)23)25-19-9-20(22(28)10-21(19)27)26-18-8-6-16(24)12(2)14(18)4/h5-10,25,27H,23-24H2,1-4H3. The summed E-state index contributed by atoms with van der Waals surface area (Å²) in [6.45, 7) is 7.70. The highest BCUT2D eigenvalue weighted by Gasteiger charge is 2.20. The molecule has 0 bridgehead atoms. The van der Waals surface area contributed by atoms with E-state index in [1.54, 1.807) is 24.3 Å². The molecule has 6 N–H and O–H groups in total. The molecule has 0 saturated carbocycles. The molecule has 0 saturated heterocycles. The number of anilines is 3. The molecule has 0 aliphatic heterocycles. The van der Waals surface area contributed by atoms with Gasteiger partial charge in [0.1, 0.15) is 11.5 Å². The van der Waals surface area contributed by atoms with Crippen molar-refractivity contribution in [2.24, 2.45) is 4.99 Å². The Kier molecular flexibility index (Phi) is 4.96. The minimum Gasteiger partial charge on any atom is -0.506 e. The highest BCUT2D eigenvalue weighted by atomic mass is 16.3. The van der Waals surface area contributed by atoms with E-state index in [1.165, 1.54) is 6.08 Å². The van der Waals surface area contributed by atoms with Crippen LogP contribution in [0.1, 0.15) is 22.3 Å². The first-order chi connectivity index (χ1) is 13.2. The highest BCUT2D eigenvalue weighted by molar-refractivity contribution is 6.49. The van der Waals surface area contributed by atoms with Crippen molar-refractivity contribution in [2.45, 2.75) is 27.7 Å². The zero-order valence-corrected chi connectivity index (χ0v) is 16.4. The highest BCUT2D eigenvalue weighted by Crippen LogP contribution is 2.29. The summed E-state index contributed by atoms with van der Waals surface area (Å²) in [5, 5.41) is 13.4. The van der Waals surface area contributed by atoms with Gasteiger partial charge in [-0.3, -0.25) is 4.79 Å². The average molecular weight is 376 g/mol. The Hall–Kier alpha value is -3.54. The first-order valence-electron chi connectivity index (χ1n) is 8.93. The predicted molar refractivity (Wildman–Crippen MR) is 115 cm³/mol. The number of allylic oxidation sites excluding steroid dienone is 2. The third-order valence-corrected chi connectivity index (χ3v) is 5.22. The van der Waals surface area contributed by atoms with E-state index in [0.717, 1.165) is 27.9 Å². The molecule has 0 spiro atoms. The molecule has 0 radical (unpaired) electrons. The maximum atomic E-state index is 12.4. The van der Waals surface area contributed by atoms with Crippen LogP contribution in [0.15, 0.2) is 52.9 Å². The van der Waals surface area contributed by atoms with Gasteiger partial charge in [0, 0.05) is 23.1 Å². The van der Waals surface area contributed by atoms with E-state index in [9.17, 15) is 9.90 Å². The topological polar surface area (TPSA) is 114 Å². The fourth-order valence-electron chi connectivity index (χ4n) is 2.95. The molecular formula is C22H24N4O2. The fourth-order valence-corrected chi connectivity index (χ4v) is 2.95. The number of hydrogen-bond donors (Lipinski definition) is 4. The van der Waals surface area contributed by atoms with Crippen LogP contribution in [0.3, 0.4) is 0 Å². The normalized spacial score (nSPS) is 15.4. The number of nitrogens with zero attached hydrogens (tertiary/aromatic N) is 1. The number of hydrogen-bond acceptors (Lipinski definition) is 6. The number of nitrogen functional groups attached to an aromatic ring is 2. The minimum absolute atomic E-state index is 0.136. The molecule has 0 heterocycles. The molecule has 0 atom stereocenters. The van der Waals surface area contributed by atoms with Crippen LogP contribution in [0, 0.1) is 27.7 Å². The Balaban J connectivity index is 2.01. The Morgan fingerprint density at radius 2 is 1.46 bits per heavy atom. The summed E-state index contributed by atoms with van der Waals surface area (Å²) in [6, 6.07) is 7.19. The molecule has 6 heteroatoms. The molecule has 144 valence electrons. The van der Waals surface area contributed by atoms with Crippen LogP contribution in [0.25, 0.3) is 0 Å². The number of carbonyl (C=O) groups is 1. The van der Waals surface area contributed by atoms with Crippen molar-refractivity contribution in [1.29, 1.82) is 0 Å². The van der Waals surface area contributed by atoms with Gasteiger partial charge >= 0.3 is 0 Å². The van der Waals surface area contributed by atoms with Crippen LogP contribution in [-0.4, -0.2) is 16.6 Å². The second kappa shape index (κ2) is 7.23. The summed E-state index contributed by atoms with van der Waals surface area (Å²) in [6.07, 6.45) is 2.72. The third-order valence-electron chi connectivity index (χ3n) is 5.22. The van der Waals surface area contributed by atoms with Gasteiger partial charge in [0.25, 0.3) is 0 Å². The SMILES string of the molecule is Cc1c(N)ccc(N=C2C=C(Nc3ccc(N)c(C)c3C)C(O)=CC2=O)c1C. The first-order valence-corrected chi connectivity index (χ1v) is 8.93. The largest absolute Gasteiger partial charge is 0.506 e. The Bertz CT molecular complexity index is 1080. The molecule has 0 aromatic heterocycles. The van der Waals surface area contributed by atoms with Gasteiger partial charge in [-0.1, -0.05) is 0 Å². The lowest BCUT2D eigenvalue weighted by molar-refractivity contribution is -0.109. The van der Waals surface area contributed by atoms with Gasteiger partial charge < -0.3 is 21.9 Å². The van der Waals surface area contributed by atoms with Crippen LogP contribution < -0.4 is 16.8 Å². The number of nitrogens with two attached hydrogens (primary N) is 2. The zero-order valence-electron chi connectivity index (χ0n) is 16.4. The molecule has 3 rings (SSSR count). The third kappa shape index (κ3) is 3.49. The van der Waals surface area contributed by atoms with Gasteiger partial charge in [-0.2, -0.15) is 0 Å². The number of benzene rings is 2. The maximum Gasteiger partial charge on any atom is 0.208 e. The number of aliphatic hydroxyl groups is 1.